The van der Waals surface area contributed by atoms with Crippen LogP contribution in [-0.2, 0) is 4.79 Å². The highest BCUT2D eigenvalue weighted by atomic mass is 16.1. The smallest absolute Gasteiger partial charge is 0.133 e. The number of hydrogen-bond acceptors (Lipinski definition) is 1. The van der Waals surface area contributed by atoms with Gasteiger partial charge in [-0.05, 0) is 81.0 Å². The average molecular weight is 345 g/mol. The number of carbonyl (C=O) groups excluding carboxylic acids is 1. The van der Waals surface area contributed by atoms with E-state index in [1.807, 2.05) is 0 Å². The minimum atomic E-state index is 0.477. The van der Waals surface area contributed by atoms with Crippen LogP contribution in [0.3, 0.4) is 0 Å². The Bertz CT molecular complexity index is 597. The zero-order chi connectivity index (χ0) is 17.6. The van der Waals surface area contributed by atoms with Crippen molar-refractivity contribution in [1.29, 1.82) is 0 Å². The average Bonchev–Trinajstić information content (AvgIpc) is 3.00. The van der Waals surface area contributed by atoms with Crippen LogP contribution in [0.4, 0.5) is 0 Å². The first kappa shape index (κ1) is 16.8. The van der Waals surface area contributed by atoms with Crippen molar-refractivity contribution in [2.24, 2.45) is 40.4 Å². The lowest BCUT2D eigenvalue weighted by Gasteiger charge is -2.59. The first-order valence-electron chi connectivity index (χ1n) is 11.1. The summed E-state index contributed by atoms with van der Waals surface area (Å²) in [7, 11) is 4.98. The molecule has 4 saturated carbocycles. The second-order valence-electron chi connectivity index (χ2n) is 11.5. The molecule has 140 valence electrons. The second kappa shape index (κ2) is 5.12. The molecule has 0 bridgehead atoms. The molecule has 0 amide bonds. The summed E-state index contributed by atoms with van der Waals surface area (Å²) in [4.78, 5) is 12.1. The van der Waals surface area contributed by atoms with Crippen molar-refractivity contribution in [2.45, 2.75) is 77.7 Å². The molecule has 0 aromatic rings. The van der Waals surface area contributed by atoms with Crippen LogP contribution < -0.4 is 0 Å². The summed E-state index contributed by atoms with van der Waals surface area (Å²) >= 11 is 0. The number of carbonyl (C=O) groups is 1. The van der Waals surface area contributed by atoms with Crippen LogP contribution in [0.25, 0.3) is 0 Å². The zero-order valence-corrected chi connectivity index (χ0v) is 16.9. The summed E-state index contributed by atoms with van der Waals surface area (Å²) in [6.07, 6.45) is 11.7. The molecule has 0 aromatic heterocycles. The number of fused-ring (bicyclic) bond motifs is 4. The lowest BCUT2D eigenvalue weighted by atomic mass is 9.44. The topological polar surface area (TPSA) is 17.1 Å². The predicted molar refractivity (Wildman–Crippen MR) is 101 cm³/mol. The van der Waals surface area contributed by atoms with Crippen molar-refractivity contribution in [1.82, 2.24) is 0 Å². The maximum Gasteiger partial charge on any atom is 0.133 e. The summed E-state index contributed by atoms with van der Waals surface area (Å²) in [6, 6.07) is 0.848. The molecule has 25 heavy (non-hydrogen) atoms. The molecular weight excluding hydrogens is 306 g/mol. The lowest BCUT2D eigenvalue weighted by molar-refractivity contribution is -0.905. The van der Waals surface area contributed by atoms with Gasteiger partial charge in [0.15, 0.2) is 0 Å². The SMILES string of the molecule is CC1C2CCC3C4CCC5CC(=O)CCC5(C)C4CCC32C[N+]1(C)C. The largest absolute Gasteiger partial charge is 0.326 e. The van der Waals surface area contributed by atoms with Gasteiger partial charge in [-0.25, -0.2) is 0 Å². The summed E-state index contributed by atoms with van der Waals surface area (Å²) in [5.74, 6) is 5.12. The molecule has 5 fully saturated rings. The Balaban J connectivity index is 1.47. The fraction of sp³-hybridized carbons (Fsp3) is 0.957. The van der Waals surface area contributed by atoms with Crippen LogP contribution in [0.1, 0.15) is 71.6 Å². The number of quaternary nitrogens is 1. The Kier molecular flexibility index (Phi) is 3.43. The number of rotatable bonds is 0. The Morgan fingerprint density at radius 3 is 2.52 bits per heavy atom. The Morgan fingerprint density at radius 1 is 0.960 bits per heavy atom. The van der Waals surface area contributed by atoms with Gasteiger partial charge in [0.05, 0.1) is 26.7 Å². The quantitative estimate of drug-likeness (QED) is 0.584. The van der Waals surface area contributed by atoms with Crippen LogP contribution in [-0.4, -0.2) is 36.9 Å². The highest BCUT2D eigenvalue weighted by Crippen LogP contribution is 2.70. The normalized spacial score (nSPS) is 56.7. The van der Waals surface area contributed by atoms with E-state index in [0.717, 1.165) is 42.6 Å². The van der Waals surface area contributed by atoms with E-state index in [2.05, 4.69) is 27.9 Å². The third kappa shape index (κ3) is 2.04. The first-order valence-corrected chi connectivity index (χ1v) is 11.1. The summed E-state index contributed by atoms with van der Waals surface area (Å²) in [5, 5.41) is 0. The van der Waals surface area contributed by atoms with E-state index < -0.39 is 0 Å². The van der Waals surface area contributed by atoms with Crippen LogP contribution >= 0.6 is 0 Å². The third-order valence-corrected chi connectivity index (χ3v) is 10.7. The van der Waals surface area contributed by atoms with Crippen LogP contribution in [0.15, 0.2) is 0 Å². The zero-order valence-electron chi connectivity index (χ0n) is 16.9. The summed E-state index contributed by atoms with van der Waals surface area (Å²) < 4.78 is 1.26. The van der Waals surface area contributed by atoms with Gasteiger partial charge in [-0.1, -0.05) is 6.92 Å². The molecule has 5 rings (SSSR count). The van der Waals surface area contributed by atoms with Gasteiger partial charge in [0.25, 0.3) is 0 Å². The Hall–Kier alpha value is -0.370. The molecule has 1 saturated heterocycles. The van der Waals surface area contributed by atoms with Crippen LogP contribution in [0.2, 0.25) is 0 Å². The van der Waals surface area contributed by atoms with Gasteiger partial charge < -0.3 is 4.48 Å². The fourth-order valence-corrected chi connectivity index (χ4v) is 9.32. The molecule has 1 heterocycles. The number of ketones is 1. The molecule has 5 aliphatic rings. The van der Waals surface area contributed by atoms with Crippen LogP contribution in [0.5, 0.6) is 0 Å². The second-order valence-corrected chi connectivity index (χ2v) is 11.5. The van der Waals surface area contributed by atoms with Crippen molar-refractivity contribution < 1.29 is 9.28 Å². The molecule has 1 aliphatic heterocycles. The van der Waals surface area contributed by atoms with Gasteiger partial charge in [-0.2, -0.15) is 0 Å². The molecule has 0 aromatic carbocycles. The Labute approximate surface area is 154 Å². The summed E-state index contributed by atoms with van der Waals surface area (Å²) in [6.45, 7) is 6.56. The standard InChI is InChI=1S/C23H38NO/c1-15-19-7-8-21-18-6-5-16-13-17(25)9-11-22(16,2)20(18)10-12-23(19,21)14-24(15,3)4/h15-16,18-21H,5-14H2,1-4H3/q+1. The number of likely N-dealkylation sites (tertiary alicyclic amines) is 1. The van der Waals surface area contributed by atoms with Gasteiger partial charge in [0, 0.05) is 24.2 Å². The monoisotopic (exact) mass is 344 g/mol. The molecule has 8 atom stereocenters. The number of nitrogens with zero attached hydrogens (tertiary/aromatic N) is 1. The first-order chi connectivity index (χ1) is 11.8. The molecule has 0 radical (unpaired) electrons. The molecule has 4 aliphatic carbocycles. The van der Waals surface area contributed by atoms with Gasteiger partial charge in [0.1, 0.15) is 5.78 Å². The van der Waals surface area contributed by atoms with E-state index in [9.17, 15) is 4.79 Å². The summed E-state index contributed by atoms with van der Waals surface area (Å²) in [5.41, 5.74) is 1.14. The molecule has 2 nitrogen and oxygen atoms in total. The fourth-order valence-electron chi connectivity index (χ4n) is 9.32. The van der Waals surface area contributed by atoms with Crippen molar-refractivity contribution >= 4 is 5.78 Å². The van der Waals surface area contributed by atoms with Gasteiger partial charge in [-0.15, -0.1) is 0 Å². The van der Waals surface area contributed by atoms with E-state index in [1.165, 1.54) is 56.0 Å². The highest BCUT2D eigenvalue weighted by Gasteiger charge is 2.68. The van der Waals surface area contributed by atoms with E-state index in [1.54, 1.807) is 0 Å². The van der Waals surface area contributed by atoms with Gasteiger partial charge in [-0.3, -0.25) is 4.79 Å². The number of Topliss-reactive ketones (excluding diaryl/α,β-unsaturated/α-hetero) is 1. The highest BCUT2D eigenvalue weighted by molar-refractivity contribution is 5.79. The van der Waals surface area contributed by atoms with Crippen molar-refractivity contribution in [2.75, 3.05) is 20.6 Å². The van der Waals surface area contributed by atoms with Crippen LogP contribution in [0, 0.1) is 40.4 Å². The van der Waals surface area contributed by atoms with Crippen molar-refractivity contribution in [3.63, 3.8) is 0 Å². The van der Waals surface area contributed by atoms with Gasteiger partial charge in [0.2, 0.25) is 0 Å². The lowest BCUT2D eigenvalue weighted by Crippen LogP contribution is -2.55. The van der Waals surface area contributed by atoms with Crippen molar-refractivity contribution in [3.05, 3.63) is 0 Å². The van der Waals surface area contributed by atoms with E-state index in [-0.39, 0.29) is 0 Å². The van der Waals surface area contributed by atoms with Crippen molar-refractivity contribution in [3.8, 4) is 0 Å². The molecule has 1 spiro atoms. The molecule has 0 N–H and O–H groups in total. The molecular formula is C23H38NO+. The minimum absolute atomic E-state index is 0.477. The van der Waals surface area contributed by atoms with E-state index in [4.69, 9.17) is 0 Å². The predicted octanol–water partition coefficient (Wildman–Crippen LogP) is 4.67. The van der Waals surface area contributed by atoms with Gasteiger partial charge >= 0.3 is 0 Å². The number of hydrogen-bond donors (Lipinski definition) is 0. The van der Waals surface area contributed by atoms with E-state index in [0.29, 0.717) is 22.5 Å². The third-order valence-electron chi connectivity index (χ3n) is 10.7. The minimum Gasteiger partial charge on any atom is -0.326 e. The molecule has 2 heteroatoms. The Morgan fingerprint density at radius 2 is 1.72 bits per heavy atom. The maximum atomic E-state index is 12.1. The molecule has 8 unspecified atom stereocenters. The maximum absolute atomic E-state index is 12.1. The van der Waals surface area contributed by atoms with E-state index >= 15 is 0 Å².